The Balaban J connectivity index is 1.13. The molecule has 2 heterocycles. The van der Waals surface area contributed by atoms with Crippen molar-refractivity contribution < 1.29 is 4.42 Å². The Hall–Kier alpha value is -6.84. The van der Waals surface area contributed by atoms with E-state index in [0.717, 1.165) is 39.3 Å². The van der Waals surface area contributed by atoms with Crippen molar-refractivity contribution in [3.05, 3.63) is 204 Å². The molecular formula is C54H42N2O. The lowest BCUT2D eigenvalue weighted by Crippen LogP contribution is -2.31. The standard InChI is InChI=1S/C54H42N2O/c1-53(2)44-21-13-11-19-41(44)42-29-27-39(33-45(42)53)55(37-17-9-6-10-18-37)40-28-30-47-46(34-40)54(3,4)52-48(31-32-50-51(52)43-20-12-14-22-49(43)57-50)56(47)38-25-23-36(24-26-38)35-15-7-5-8-16-35/h5-34H,1-4H3. The van der Waals surface area contributed by atoms with Gasteiger partial charge in [-0.15, -0.1) is 0 Å². The Morgan fingerprint density at radius 2 is 1.05 bits per heavy atom. The summed E-state index contributed by atoms with van der Waals surface area (Å²) in [5.74, 6) is 0. The number of para-hydroxylation sites is 2. The zero-order chi connectivity index (χ0) is 38.5. The number of benzene rings is 8. The Kier molecular flexibility index (Phi) is 7.25. The quantitative estimate of drug-likeness (QED) is 0.176. The minimum absolute atomic E-state index is 0.110. The lowest BCUT2D eigenvalue weighted by molar-refractivity contribution is 0.634. The largest absolute Gasteiger partial charge is 0.456 e. The van der Waals surface area contributed by atoms with Gasteiger partial charge in [-0.2, -0.15) is 0 Å². The fraction of sp³-hybridized carbons (Fsp3) is 0.111. The average Bonchev–Trinajstić information content (AvgIpc) is 3.74. The number of hydrogen-bond acceptors (Lipinski definition) is 3. The van der Waals surface area contributed by atoms with E-state index in [2.05, 4.69) is 219 Å². The molecule has 9 aromatic rings. The van der Waals surface area contributed by atoms with Gasteiger partial charge in [-0.25, -0.2) is 0 Å². The minimum atomic E-state index is -0.378. The maximum atomic E-state index is 6.53. The van der Waals surface area contributed by atoms with Crippen molar-refractivity contribution in [1.29, 1.82) is 0 Å². The summed E-state index contributed by atoms with van der Waals surface area (Å²) in [7, 11) is 0. The second-order valence-corrected chi connectivity index (χ2v) is 16.6. The lowest BCUT2D eigenvalue weighted by atomic mass is 9.71. The number of nitrogens with zero attached hydrogens (tertiary/aromatic N) is 2. The van der Waals surface area contributed by atoms with Crippen LogP contribution in [-0.4, -0.2) is 0 Å². The molecule has 0 amide bonds. The van der Waals surface area contributed by atoms with Crippen LogP contribution in [0.2, 0.25) is 0 Å². The fourth-order valence-electron chi connectivity index (χ4n) is 9.82. The zero-order valence-corrected chi connectivity index (χ0v) is 32.6. The molecule has 11 rings (SSSR count). The van der Waals surface area contributed by atoms with Crippen molar-refractivity contribution in [3.63, 3.8) is 0 Å². The molecule has 0 N–H and O–H groups in total. The molecule has 0 saturated heterocycles. The summed E-state index contributed by atoms with van der Waals surface area (Å²) in [6, 6.07) is 66.3. The lowest BCUT2D eigenvalue weighted by Gasteiger charge is -2.43. The first kappa shape index (κ1) is 33.5. The van der Waals surface area contributed by atoms with Crippen LogP contribution < -0.4 is 9.80 Å². The van der Waals surface area contributed by atoms with Crippen LogP contribution in [0.1, 0.15) is 49.9 Å². The molecule has 0 atom stereocenters. The molecule has 0 fully saturated rings. The van der Waals surface area contributed by atoms with E-state index in [0.29, 0.717) is 0 Å². The van der Waals surface area contributed by atoms with Crippen molar-refractivity contribution in [2.24, 2.45) is 0 Å². The van der Waals surface area contributed by atoms with Crippen LogP contribution in [0.5, 0.6) is 0 Å². The van der Waals surface area contributed by atoms with Crippen LogP contribution in [0.25, 0.3) is 44.2 Å². The summed E-state index contributed by atoms with van der Waals surface area (Å²) in [6.07, 6.45) is 0. The molecule has 1 aliphatic heterocycles. The maximum absolute atomic E-state index is 6.53. The van der Waals surface area contributed by atoms with E-state index >= 15 is 0 Å². The van der Waals surface area contributed by atoms with Gasteiger partial charge in [-0.05, 0) is 117 Å². The molecule has 3 nitrogen and oxygen atoms in total. The maximum Gasteiger partial charge on any atom is 0.135 e. The van der Waals surface area contributed by atoms with E-state index in [-0.39, 0.29) is 10.8 Å². The highest BCUT2D eigenvalue weighted by Crippen LogP contribution is 2.57. The molecule has 57 heavy (non-hydrogen) atoms. The Bertz CT molecular complexity index is 3010. The molecule has 3 heteroatoms. The second kappa shape index (κ2) is 12.3. The fourth-order valence-corrected chi connectivity index (χ4v) is 9.82. The molecule has 0 radical (unpaired) electrons. The third-order valence-electron chi connectivity index (χ3n) is 12.6. The average molecular weight is 735 g/mol. The van der Waals surface area contributed by atoms with Gasteiger partial charge in [0.2, 0.25) is 0 Å². The highest BCUT2D eigenvalue weighted by atomic mass is 16.3. The first-order chi connectivity index (χ1) is 27.8. The van der Waals surface area contributed by atoms with Crippen LogP contribution in [0.3, 0.4) is 0 Å². The van der Waals surface area contributed by atoms with Crippen molar-refractivity contribution in [3.8, 4) is 22.3 Å². The first-order valence-electron chi connectivity index (χ1n) is 19.9. The molecule has 1 aliphatic carbocycles. The third-order valence-corrected chi connectivity index (χ3v) is 12.6. The molecule has 8 aromatic carbocycles. The third kappa shape index (κ3) is 4.98. The summed E-state index contributed by atoms with van der Waals surface area (Å²) >= 11 is 0. The van der Waals surface area contributed by atoms with Gasteiger partial charge in [0.05, 0.1) is 11.4 Å². The predicted molar refractivity (Wildman–Crippen MR) is 238 cm³/mol. The normalized spacial score (nSPS) is 14.6. The number of furan rings is 1. The molecule has 0 spiro atoms. The van der Waals surface area contributed by atoms with Gasteiger partial charge in [-0.3, -0.25) is 0 Å². The van der Waals surface area contributed by atoms with Gasteiger partial charge in [0.15, 0.2) is 0 Å². The topological polar surface area (TPSA) is 19.6 Å². The number of hydrogen-bond donors (Lipinski definition) is 0. The van der Waals surface area contributed by atoms with Crippen LogP contribution in [-0.2, 0) is 10.8 Å². The van der Waals surface area contributed by atoms with E-state index in [1.165, 1.54) is 61.3 Å². The van der Waals surface area contributed by atoms with E-state index in [4.69, 9.17) is 4.42 Å². The second-order valence-electron chi connectivity index (χ2n) is 16.6. The van der Waals surface area contributed by atoms with Crippen molar-refractivity contribution >= 4 is 56.1 Å². The first-order valence-corrected chi connectivity index (χ1v) is 19.9. The van der Waals surface area contributed by atoms with Gasteiger partial charge in [0.1, 0.15) is 11.2 Å². The molecular weight excluding hydrogens is 693 g/mol. The number of rotatable bonds is 5. The van der Waals surface area contributed by atoms with Gasteiger partial charge >= 0.3 is 0 Å². The van der Waals surface area contributed by atoms with Gasteiger partial charge in [-0.1, -0.05) is 137 Å². The van der Waals surface area contributed by atoms with Crippen LogP contribution in [0, 0.1) is 0 Å². The highest BCUT2D eigenvalue weighted by Gasteiger charge is 2.40. The summed E-state index contributed by atoms with van der Waals surface area (Å²) < 4.78 is 6.53. The van der Waals surface area contributed by atoms with Gasteiger partial charge in [0, 0.05) is 44.4 Å². The molecule has 0 bridgehead atoms. The number of anilines is 6. The van der Waals surface area contributed by atoms with Crippen molar-refractivity contribution in [2.45, 2.75) is 38.5 Å². The van der Waals surface area contributed by atoms with Crippen LogP contribution >= 0.6 is 0 Å². The Labute approximate surface area is 334 Å². The SMILES string of the molecule is CC1(C)c2ccccc2-c2ccc(N(c3ccccc3)c3ccc4c(c3)C(C)(C)c3c(ccc5oc6ccccc6c35)N4c3ccc(-c4ccccc4)cc3)cc21. The van der Waals surface area contributed by atoms with E-state index < -0.39 is 0 Å². The van der Waals surface area contributed by atoms with Gasteiger partial charge in [0.25, 0.3) is 0 Å². The zero-order valence-electron chi connectivity index (χ0n) is 32.6. The predicted octanol–water partition coefficient (Wildman–Crippen LogP) is 15.1. The van der Waals surface area contributed by atoms with E-state index in [1.54, 1.807) is 0 Å². The van der Waals surface area contributed by atoms with Crippen LogP contribution in [0.15, 0.2) is 186 Å². The summed E-state index contributed by atoms with van der Waals surface area (Å²) in [5.41, 5.74) is 18.5. The molecule has 274 valence electrons. The van der Waals surface area contributed by atoms with Crippen LogP contribution in [0.4, 0.5) is 34.1 Å². The Morgan fingerprint density at radius 1 is 0.439 bits per heavy atom. The summed E-state index contributed by atoms with van der Waals surface area (Å²) in [6.45, 7) is 9.48. The monoisotopic (exact) mass is 734 g/mol. The summed E-state index contributed by atoms with van der Waals surface area (Å²) in [4.78, 5) is 4.88. The summed E-state index contributed by atoms with van der Waals surface area (Å²) in [5, 5.41) is 2.32. The molecule has 0 unspecified atom stereocenters. The highest BCUT2D eigenvalue weighted by molar-refractivity contribution is 6.11. The van der Waals surface area contributed by atoms with Crippen molar-refractivity contribution in [2.75, 3.05) is 9.80 Å². The van der Waals surface area contributed by atoms with E-state index in [9.17, 15) is 0 Å². The molecule has 0 saturated carbocycles. The smallest absolute Gasteiger partial charge is 0.135 e. The van der Waals surface area contributed by atoms with Gasteiger partial charge < -0.3 is 14.2 Å². The van der Waals surface area contributed by atoms with Crippen molar-refractivity contribution in [1.82, 2.24) is 0 Å². The molecule has 1 aromatic heterocycles. The van der Waals surface area contributed by atoms with E-state index in [1.807, 2.05) is 0 Å². The minimum Gasteiger partial charge on any atom is -0.456 e. The number of fused-ring (bicyclic) bond motifs is 9. The molecule has 2 aliphatic rings. The Morgan fingerprint density at radius 3 is 1.84 bits per heavy atom.